The van der Waals surface area contributed by atoms with Crippen molar-refractivity contribution in [2.45, 2.75) is 104 Å². The van der Waals surface area contributed by atoms with E-state index in [1.54, 1.807) is 14.2 Å². The minimum Gasteiger partial charge on any atom is -0.496 e. The van der Waals surface area contributed by atoms with Gasteiger partial charge in [0, 0.05) is 11.1 Å². The third-order valence-electron chi connectivity index (χ3n) is 8.86. The molecule has 0 aliphatic heterocycles. The minimum absolute atomic E-state index is 0.124. The number of carbonyl (C=O) groups excluding carboxylic acids is 2. The summed E-state index contributed by atoms with van der Waals surface area (Å²) >= 11 is 0. The van der Waals surface area contributed by atoms with Crippen LogP contribution in [0.25, 0.3) is 12.2 Å². The Morgan fingerprint density at radius 2 is 1.00 bits per heavy atom. The summed E-state index contributed by atoms with van der Waals surface area (Å²) in [4.78, 5) is 25.3. The summed E-state index contributed by atoms with van der Waals surface area (Å²) in [6.45, 7) is 12.1. The van der Waals surface area contributed by atoms with Crippen LogP contribution in [0.4, 0.5) is 0 Å². The van der Waals surface area contributed by atoms with E-state index >= 15 is 0 Å². The van der Waals surface area contributed by atoms with Crippen molar-refractivity contribution in [2.24, 2.45) is 0 Å². The quantitative estimate of drug-likeness (QED) is 0.169. The van der Waals surface area contributed by atoms with Crippen molar-refractivity contribution in [3.8, 4) is 11.5 Å². The molecular formula is C38H51O7P. The third kappa shape index (κ3) is 8.67. The highest BCUT2D eigenvalue weighted by molar-refractivity contribution is 7.33. The minimum atomic E-state index is -3.03. The average Bonchev–Trinajstić information content (AvgIpc) is 3.02. The number of fused-ring (bicyclic) bond motifs is 2. The van der Waals surface area contributed by atoms with Gasteiger partial charge < -0.3 is 18.5 Å². The fourth-order valence-electron chi connectivity index (χ4n) is 6.53. The van der Waals surface area contributed by atoms with Gasteiger partial charge in [0.1, 0.15) is 24.7 Å². The van der Waals surface area contributed by atoms with Crippen molar-refractivity contribution in [1.82, 2.24) is 0 Å². The second-order valence-electron chi connectivity index (χ2n) is 14.3. The van der Waals surface area contributed by atoms with Crippen LogP contribution in [0.1, 0.15) is 112 Å². The summed E-state index contributed by atoms with van der Waals surface area (Å²) < 4.78 is 34.5. The molecule has 0 amide bonds. The van der Waals surface area contributed by atoms with Crippen LogP contribution in [-0.4, -0.2) is 39.0 Å². The molecule has 0 fully saturated rings. The van der Waals surface area contributed by atoms with Crippen LogP contribution in [0.5, 0.6) is 11.5 Å². The Kier molecular flexibility index (Phi) is 11.9. The highest BCUT2D eigenvalue weighted by atomic mass is 31.1. The lowest BCUT2D eigenvalue weighted by Crippen LogP contribution is -2.17. The maximum Gasteiger partial charge on any atom is 0.320 e. The van der Waals surface area contributed by atoms with Crippen LogP contribution in [-0.2, 0) is 59.7 Å². The number of methoxy groups -OCH3 is 2. The molecule has 0 radical (unpaired) electrons. The molecule has 0 spiro atoms. The number of benzene rings is 2. The Labute approximate surface area is 275 Å². The van der Waals surface area contributed by atoms with E-state index in [-0.39, 0.29) is 22.4 Å². The van der Waals surface area contributed by atoms with Gasteiger partial charge in [0.25, 0.3) is 0 Å². The smallest absolute Gasteiger partial charge is 0.320 e. The lowest BCUT2D eigenvalue weighted by atomic mass is 9.78. The molecule has 0 N–H and O–H groups in total. The Hall–Kier alpha value is -2.99. The van der Waals surface area contributed by atoms with Gasteiger partial charge in [-0.2, -0.15) is 0 Å². The Morgan fingerprint density at radius 1 is 0.652 bits per heavy atom. The fraction of sp³-hybridized carbons (Fsp3) is 0.526. The normalized spacial score (nSPS) is 15.9. The van der Waals surface area contributed by atoms with E-state index in [4.69, 9.17) is 18.5 Å². The molecule has 0 unspecified atom stereocenters. The molecule has 2 aliphatic rings. The zero-order valence-electron chi connectivity index (χ0n) is 28.9. The highest BCUT2D eigenvalue weighted by Gasteiger charge is 2.28. The summed E-state index contributed by atoms with van der Waals surface area (Å²) in [7, 11) is 0.411. The van der Waals surface area contributed by atoms with Crippen molar-refractivity contribution in [1.29, 1.82) is 0 Å². The van der Waals surface area contributed by atoms with Gasteiger partial charge in [-0.05, 0) is 120 Å². The summed E-state index contributed by atoms with van der Waals surface area (Å²) in [6.07, 6.45) is 14.8. The predicted octanol–water partition coefficient (Wildman–Crippen LogP) is 8.34. The number of hydrogen-bond acceptors (Lipinski definition) is 7. The molecule has 0 heterocycles. The van der Waals surface area contributed by atoms with E-state index in [1.807, 2.05) is 12.2 Å². The van der Waals surface area contributed by atoms with Gasteiger partial charge in [-0.15, -0.1) is 0 Å². The monoisotopic (exact) mass is 650 g/mol. The molecule has 0 atom stereocenters. The Bertz CT molecular complexity index is 1420. The van der Waals surface area contributed by atoms with Crippen LogP contribution in [0, 0.1) is 0 Å². The molecular weight excluding hydrogens is 599 g/mol. The first kappa shape index (κ1) is 35.9. The van der Waals surface area contributed by atoms with Crippen LogP contribution < -0.4 is 9.47 Å². The van der Waals surface area contributed by atoms with E-state index in [0.29, 0.717) is 0 Å². The third-order valence-corrected chi connectivity index (χ3v) is 9.62. The molecule has 46 heavy (non-hydrogen) atoms. The highest BCUT2D eigenvalue weighted by Crippen LogP contribution is 2.42. The molecule has 2 aromatic rings. The van der Waals surface area contributed by atoms with Crippen LogP contribution in [0.2, 0.25) is 0 Å². The van der Waals surface area contributed by atoms with Crippen molar-refractivity contribution < 1.29 is 32.7 Å². The number of carbonyl (C=O) groups is 2. The van der Waals surface area contributed by atoms with E-state index < -0.39 is 21.5 Å². The average molecular weight is 651 g/mol. The van der Waals surface area contributed by atoms with E-state index in [0.717, 1.165) is 85.1 Å². The molecule has 0 aromatic heterocycles. The molecule has 0 saturated heterocycles. The molecule has 2 aromatic carbocycles. The zero-order valence-corrected chi connectivity index (χ0v) is 29.9. The summed E-state index contributed by atoms with van der Waals surface area (Å²) in [5.41, 5.74) is 8.86. The standard InChI is InChI=1S/C38H51O7P/c1-37(2,3)33-21-25(29-13-9-11-15-31(29)35(33)42-7)17-19-27(39)23-44-46(41)45-24-28(40)20-18-26-22-34(38(4,5)6)36(43-8)32-16-12-10-14-30(26)32/h17-22,46H,9-16,23-24H2,1-8H3. The van der Waals surface area contributed by atoms with Crippen LogP contribution in [0.3, 0.4) is 0 Å². The first-order valence-corrected chi connectivity index (χ1v) is 17.6. The number of ether oxygens (including phenoxy) is 2. The first-order valence-electron chi connectivity index (χ1n) is 16.4. The lowest BCUT2D eigenvalue weighted by molar-refractivity contribution is -0.116. The van der Waals surface area contributed by atoms with Crippen LogP contribution >= 0.6 is 8.25 Å². The molecule has 0 bridgehead atoms. The first-order chi connectivity index (χ1) is 21.7. The Morgan fingerprint density at radius 3 is 1.33 bits per heavy atom. The number of hydrogen-bond donors (Lipinski definition) is 0. The summed E-state index contributed by atoms with van der Waals surface area (Å²) in [5, 5.41) is 0. The maximum absolute atomic E-state index is 12.7. The van der Waals surface area contributed by atoms with Gasteiger partial charge in [0.2, 0.25) is 0 Å². The van der Waals surface area contributed by atoms with Gasteiger partial charge in [0.15, 0.2) is 11.6 Å². The van der Waals surface area contributed by atoms with Gasteiger partial charge in [-0.1, -0.05) is 53.7 Å². The van der Waals surface area contributed by atoms with E-state index in [2.05, 4.69) is 53.7 Å². The predicted molar refractivity (Wildman–Crippen MR) is 186 cm³/mol. The van der Waals surface area contributed by atoms with E-state index in [9.17, 15) is 14.2 Å². The van der Waals surface area contributed by atoms with Gasteiger partial charge in [-0.25, -0.2) is 0 Å². The zero-order chi connectivity index (χ0) is 33.6. The van der Waals surface area contributed by atoms with Crippen molar-refractivity contribution >= 4 is 32.0 Å². The summed E-state index contributed by atoms with van der Waals surface area (Å²) in [5.74, 6) is 1.24. The molecule has 0 saturated carbocycles. The fourth-order valence-corrected chi connectivity index (χ4v) is 7.14. The van der Waals surface area contributed by atoms with Crippen molar-refractivity contribution in [2.75, 3.05) is 27.4 Å². The lowest BCUT2D eigenvalue weighted by Gasteiger charge is -2.29. The van der Waals surface area contributed by atoms with Gasteiger partial charge in [-0.3, -0.25) is 14.2 Å². The second-order valence-corrected chi connectivity index (χ2v) is 15.4. The second kappa shape index (κ2) is 15.3. The SMILES string of the molecule is COc1c(C(C)(C)C)cc(C=CC(=O)CO[PH](=O)OCC(=O)C=Cc2cc(C(C)(C)C)c(OC)c3c2CCCC3)c2c1CCCC2. The topological polar surface area (TPSA) is 88.1 Å². The van der Waals surface area contributed by atoms with Crippen LogP contribution in [0.15, 0.2) is 24.3 Å². The molecule has 7 nitrogen and oxygen atoms in total. The van der Waals surface area contributed by atoms with Gasteiger partial charge >= 0.3 is 8.25 Å². The number of ketones is 2. The number of rotatable bonds is 12. The van der Waals surface area contributed by atoms with Gasteiger partial charge in [0.05, 0.1) is 14.2 Å². The summed E-state index contributed by atoms with van der Waals surface area (Å²) in [6, 6.07) is 4.23. The largest absolute Gasteiger partial charge is 0.496 e. The van der Waals surface area contributed by atoms with Crippen molar-refractivity contribution in [3.05, 3.63) is 68.8 Å². The Balaban J connectivity index is 1.36. The van der Waals surface area contributed by atoms with Crippen molar-refractivity contribution in [3.63, 3.8) is 0 Å². The molecule has 250 valence electrons. The molecule has 2 aliphatic carbocycles. The maximum atomic E-state index is 12.7. The molecule has 8 heteroatoms. The van der Waals surface area contributed by atoms with E-state index in [1.165, 1.54) is 34.4 Å². The molecule has 4 rings (SSSR count).